The number of carbonyl (C=O) groups excluding carboxylic acids is 1. The maximum Gasteiger partial charge on any atom is 0.404 e. The Morgan fingerprint density at radius 2 is 2.08 bits per heavy atom. The summed E-state index contributed by atoms with van der Waals surface area (Å²) in [5.74, 6) is -0.0614. The molecule has 1 aromatic rings. The van der Waals surface area contributed by atoms with E-state index in [0.717, 1.165) is 5.56 Å². The van der Waals surface area contributed by atoms with E-state index < -0.39 is 6.09 Å². The highest BCUT2D eigenvalue weighted by Crippen LogP contribution is 2.13. The van der Waals surface area contributed by atoms with Crippen LogP contribution in [0.5, 0.6) is 0 Å². The lowest BCUT2D eigenvalue weighted by Gasteiger charge is -2.10. The van der Waals surface area contributed by atoms with Crippen LogP contribution in [0.15, 0.2) is 30.3 Å². The number of hydrogen-bond acceptors (Lipinski definition) is 2. The summed E-state index contributed by atoms with van der Waals surface area (Å²) in [6.45, 7) is 4.07. The van der Waals surface area contributed by atoms with Crippen LogP contribution in [0.3, 0.4) is 0 Å². The molecule has 3 nitrogen and oxygen atoms in total. The molecule has 0 fully saturated rings. The van der Waals surface area contributed by atoms with Crippen molar-refractivity contribution in [2.75, 3.05) is 6.61 Å². The van der Waals surface area contributed by atoms with Gasteiger partial charge in [-0.25, -0.2) is 4.79 Å². The van der Waals surface area contributed by atoms with Gasteiger partial charge in [-0.05, 0) is 12.5 Å². The van der Waals surface area contributed by atoms with Gasteiger partial charge in [-0.1, -0.05) is 30.3 Å². The number of hydrogen-bond donors (Lipinski definition) is 1. The summed E-state index contributed by atoms with van der Waals surface area (Å²) in [5.41, 5.74) is 5.86. The van der Waals surface area contributed by atoms with E-state index in [1.807, 2.05) is 30.3 Å². The molecule has 1 rings (SSSR count). The Morgan fingerprint density at radius 1 is 1.46 bits per heavy atom. The first-order valence-electron chi connectivity index (χ1n) is 4.00. The molecule has 3 heteroatoms. The minimum Gasteiger partial charge on any atom is -0.449 e. The van der Waals surface area contributed by atoms with Crippen molar-refractivity contribution in [3.05, 3.63) is 42.8 Å². The quantitative estimate of drug-likeness (QED) is 0.765. The van der Waals surface area contributed by atoms with Crippen LogP contribution in [-0.4, -0.2) is 12.7 Å². The van der Waals surface area contributed by atoms with Crippen molar-refractivity contribution >= 4 is 6.09 Å². The third-order valence-electron chi connectivity index (χ3n) is 1.70. The topological polar surface area (TPSA) is 52.3 Å². The van der Waals surface area contributed by atoms with Gasteiger partial charge >= 0.3 is 6.09 Å². The fraction of sp³-hybridized carbons (Fsp3) is 0.200. The zero-order valence-electron chi connectivity index (χ0n) is 7.27. The van der Waals surface area contributed by atoms with Crippen LogP contribution in [0.1, 0.15) is 11.5 Å². The highest BCUT2D eigenvalue weighted by Gasteiger charge is 2.06. The number of amides is 1. The van der Waals surface area contributed by atoms with Gasteiger partial charge in [0.2, 0.25) is 0 Å². The predicted octanol–water partition coefficient (Wildman–Crippen LogP) is 1.70. The van der Waals surface area contributed by atoms with Gasteiger partial charge in [0.25, 0.3) is 0 Å². The van der Waals surface area contributed by atoms with E-state index in [-0.39, 0.29) is 12.5 Å². The van der Waals surface area contributed by atoms with Gasteiger partial charge in [-0.3, -0.25) is 0 Å². The van der Waals surface area contributed by atoms with Gasteiger partial charge in [-0.15, -0.1) is 0 Å². The van der Waals surface area contributed by atoms with E-state index in [0.29, 0.717) is 0 Å². The third-order valence-corrected chi connectivity index (χ3v) is 1.70. The fourth-order valence-electron chi connectivity index (χ4n) is 1.00. The first kappa shape index (κ1) is 9.58. The van der Waals surface area contributed by atoms with E-state index in [1.54, 1.807) is 0 Å². The zero-order chi connectivity index (χ0) is 9.68. The van der Waals surface area contributed by atoms with Crippen LogP contribution in [0.4, 0.5) is 4.79 Å². The monoisotopic (exact) mass is 178 g/mol. The molecule has 0 aromatic heterocycles. The van der Waals surface area contributed by atoms with Crippen LogP contribution in [0.2, 0.25) is 0 Å². The van der Waals surface area contributed by atoms with Crippen LogP contribution in [-0.2, 0) is 4.74 Å². The summed E-state index contributed by atoms with van der Waals surface area (Å²) in [5, 5.41) is 0. The number of benzene rings is 1. The van der Waals surface area contributed by atoms with Crippen molar-refractivity contribution in [3.63, 3.8) is 0 Å². The van der Waals surface area contributed by atoms with Crippen LogP contribution >= 0.6 is 0 Å². The molecule has 0 aliphatic heterocycles. The Bertz CT molecular complexity index is 272. The molecule has 0 aliphatic rings. The third kappa shape index (κ3) is 3.15. The van der Waals surface area contributed by atoms with Crippen molar-refractivity contribution in [1.82, 2.24) is 0 Å². The summed E-state index contributed by atoms with van der Waals surface area (Å²) < 4.78 is 4.63. The molecular formula is C10H12NO2. The summed E-state index contributed by atoms with van der Waals surface area (Å²) in [6.07, 6.45) is -0.760. The molecule has 13 heavy (non-hydrogen) atoms. The van der Waals surface area contributed by atoms with Crippen molar-refractivity contribution < 1.29 is 9.53 Å². The standard InChI is InChI=1S/C10H12NO2/c1-8(7-13-10(11)12)9-5-3-2-4-6-9/h2-6,8H,1,7H2,(H2,11,12). The van der Waals surface area contributed by atoms with Crippen LogP contribution in [0, 0.1) is 6.92 Å². The highest BCUT2D eigenvalue weighted by molar-refractivity contribution is 5.64. The number of rotatable bonds is 3. The Hall–Kier alpha value is -1.51. The Kier molecular flexibility index (Phi) is 3.31. The number of nitrogens with two attached hydrogens (primary N) is 1. The van der Waals surface area contributed by atoms with Gasteiger partial charge in [0.15, 0.2) is 0 Å². The molecule has 0 saturated heterocycles. The minimum atomic E-state index is -0.760. The number of primary amides is 1. The molecule has 1 amide bonds. The average molecular weight is 178 g/mol. The summed E-state index contributed by atoms with van der Waals surface area (Å²) in [6, 6.07) is 9.62. The number of carbonyl (C=O) groups is 1. The molecule has 1 aromatic carbocycles. The molecule has 0 heterocycles. The smallest absolute Gasteiger partial charge is 0.404 e. The number of ether oxygens (including phenoxy) is 1. The van der Waals surface area contributed by atoms with Gasteiger partial charge < -0.3 is 10.5 Å². The van der Waals surface area contributed by atoms with Gasteiger partial charge in [0, 0.05) is 5.92 Å². The SMILES string of the molecule is [CH2]C(COC(N)=O)c1ccccc1. The Morgan fingerprint density at radius 3 is 2.62 bits per heavy atom. The Balaban J connectivity index is 2.49. The van der Waals surface area contributed by atoms with Crippen LogP contribution < -0.4 is 5.73 Å². The molecule has 2 N–H and O–H groups in total. The molecule has 1 radical (unpaired) electrons. The summed E-state index contributed by atoms with van der Waals surface area (Å²) in [7, 11) is 0. The van der Waals surface area contributed by atoms with Crippen molar-refractivity contribution in [2.24, 2.45) is 5.73 Å². The molecule has 69 valence electrons. The van der Waals surface area contributed by atoms with E-state index in [9.17, 15) is 4.79 Å². The minimum absolute atomic E-state index is 0.0614. The normalized spacial score (nSPS) is 12.1. The molecule has 1 atom stereocenters. The van der Waals surface area contributed by atoms with Crippen molar-refractivity contribution in [1.29, 1.82) is 0 Å². The lowest BCUT2D eigenvalue weighted by atomic mass is 10.0. The first-order chi connectivity index (χ1) is 6.20. The average Bonchev–Trinajstić information content (AvgIpc) is 2.15. The van der Waals surface area contributed by atoms with Crippen molar-refractivity contribution in [2.45, 2.75) is 5.92 Å². The lowest BCUT2D eigenvalue weighted by molar-refractivity contribution is 0.153. The lowest BCUT2D eigenvalue weighted by Crippen LogP contribution is -2.16. The fourth-order valence-corrected chi connectivity index (χ4v) is 1.00. The zero-order valence-corrected chi connectivity index (χ0v) is 7.27. The molecular weight excluding hydrogens is 166 g/mol. The largest absolute Gasteiger partial charge is 0.449 e. The van der Waals surface area contributed by atoms with E-state index in [1.165, 1.54) is 0 Å². The second-order valence-corrected chi connectivity index (χ2v) is 2.74. The first-order valence-corrected chi connectivity index (χ1v) is 4.00. The highest BCUT2D eigenvalue weighted by atomic mass is 16.5. The van der Waals surface area contributed by atoms with E-state index in [2.05, 4.69) is 11.7 Å². The van der Waals surface area contributed by atoms with Gasteiger partial charge in [-0.2, -0.15) is 0 Å². The van der Waals surface area contributed by atoms with E-state index in [4.69, 9.17) is 5.73 Å². The van der Waals surface area contributed by atoms with Gasteiger partial charge in [0.1, 0.15) is 6.61 Å². The molecule has 0 spiro atoms. The maximum absolute atomic E-state index is 10.3. The Labute approximate surface area is 77.5 Å². The van der Waals surface area contributed by atoms with Crippen LogP contribution in [0.25, 0.3) is 0 Å². The molecule has 0 saturated carbocycles. The summed E-state index contributed by atoms with van der Waals surface area (Å²) >= 11 is 0. The molecule has 0 aliphatic carbocycles. The van der Waals surface area contributed by atoms with Crippen molar-refractivity contribution in [3.8, 4) is 0 Å². The second-order valence-electron chi connectivity index (χ2n) is 2.74. The predicted molar refractivity (Wildman–Crippen MR) is 50.1 cm³/mol. The molecule has 0 bridgehead atoms. The molecule has 1 unspecified atom stereocenters. The maximum atomic E-state index is 10.3. The summed E-state index contributed by atoms with van der Waals surface area (Å²) in [4.78, 5) is 10.3. The second kappa shape index (κ2) is 4.50. The van der Waals surface area contributed by atoms with E-state index >= 15 is 0 Å². The van der Waals surface area contributed by atoms with Gasteiger partial charge in [0.05, 0.1) is 0 Å².